The van der Waals surface area contributed by atoms with Crippen LogP contribution in [0.2, 0.25) is 0 Å². The predicted octanol–water partition coefficient (Wildman–Crippen LogP) is 5.16. The molecular formula is C28H26N2O5. The molecule has 1 aliphatic heterocycles. The van der Waals surface area contributed by atoms with E-state index in [9.17, 15) is 9.59 Å². The van der Waals surface area contributed by atoms with Crippen LogP contribution in [-0.2, 0) is 22.6 Å². The van der Waals surface area contributed by atoms with Gasteiger partial charge in [-0.1, -0.05) is 47.6 Å². The largest absolute Gasteiger partial charge is 0.488 e. The van der Waals surface area contributed by atoms with Gasteiger partial charge >= 0.3 is 5.97 Å². The number of carbonyl (C=O) groups is 2. The smallest absolute Gasteiger partial charge is 0.342 e. The molecule has 1 amide bonds. The zero-order valence-electron chi connectivity index (χ0n) is 19.7. The molecule has 0 saturated carbocycles. The van der Waals surface area contributed by atoms with Crippen molar-refractivity contribution in [2.75, 3.05) is 18.1 Å². The van der Waals surface area contributed by atoms with Crippen molar-refractivity contribution in [3.63, 3.8) is 0 Å². The molecule has 0 spiro atoms. The van der Waals surface area contributed by atoms with Gasteiger partial charge in [-0.25, -0.2) is 4.79 Å². The summed E-state index contributed by atoms with van der Waals surface area (Å²) in [5.41, 5.74) is 3.84. The molecule has 178 valence electrons. The zero-order valence-corrected chi connectivity index (χ0v) is 19.7. The van der Waals surface area contributed by atoms with Gasteiger partial charge in [0.05, 0.1) is 11.3 Å². The average Bonchev–Trinajstić information content (AvgIpc) is 3.21. The van der Waals surface area contributed by atoms with Crippen molar-refractivity contribution in [3.05, 3.63) is 88.8 Å². The van der Waals surface area contributed by atoms with Crippen LogP contribution in [0, 0.1) is 13.8 Å². The molecule has 0 bridgehead atoms. The van der Waals surface area contributed by atoms with Crippen LogP contribution in [0.1, 0.15) is 39.4 Å². The molecule has 7 heteroatoms. The van der Waals surface area contributed by atoms with E-state index in [4.69, 9.17) is 14.0 Å². The molecule has 0 aliphatic carbocycles. The number of carbonyl (C=O) groups excluding carboxylic acids is 2. The van der Waals surface area contributed by atoms with Crippen LogP contribution in [0.15, 0.2) is 65.2 Å². The summed E-state index contributed by atoms with van der Waals surface area (Å²) in [6.07, 6.45) is 1.81. The monoisotopic (exact) mass is 470 g/mol. The van der Waals surface area contributed by atoms with Gasteiger partial charge in [0.25, 0.3) is 5.91 Å². The van der Waals surface area contributed by atoms with Crippen molar-refractivity contribution in [1.29, 1.82) is 0 Å². The van der Waals surface area contributed by atoms with Crippen LogP contribution in [0.25, 0.3) is 10.8 Å². The van der Waals surface area contributed by atoms with E-state index < -0.39 is 5.97 Å². The minimum Gasteiger partial charge on any atom is -0.488 e. The van der Waals surface area contributed by atoms with Crippen molar-refractivity contribution >= 4 is 28.3 Å². The van der Waals surface area contributed by atoms with Gasteiger partial charge in [-0.2, -0.15) is 0 Å². The molecule has 4 aromatic rings. The normalized spacial score (nSPS) is 12.9. The van der Waals surface area contributed by atoms with Gasteiger partial charge < -0.3 is 18.9 Å². The van der Waals surface area contributed by atoms with E-state index in [1.807, 2.05) is 68.4 Å². The number of rotatable bonds is 6. The lowest BCUT2D eigenvalue weighted by Crippen LogP contribution is -2.38. The zero-order chi connectivity index (χ0) is 24.4. The quantitative estimate of drug-likeness (QED) is 0.362. The van der Waals surface area contributed by atoms with Crippen LogP contribution < -0.4 is 9.64 Å². The number of amides is 1. The van der Waals surface area contributed by atoms with Crippen molar-refractivity contribution < 1.29 is 23.6 Å². The minimum atomic E-state index is -0.608. The Labute approximate surface area is 203 Å². The van der Waals surface area contributed by atoms with Crippen molar-refractivity contribution in [3.8, 4) is 5.75 Å². The fourth-order valence-electron chi connectivity index (χ4n) is 4.43. The number of nitrogens with zero attached hydrogens (tertiary/aromatic N) is 2. The van der Waals surface area contributed by atoms with Crippen molar-refractivity contribution in [1.82, 2.24) is 5.16 Å². The maximum absolute atomic E-state index is 13.1. The van der Waals surface area contributed by atoms with E-state index in [-0.39, 0.29) is 24.7 Å². The van der Waals surface area contributed by atoms with E-state index in [1.165, 1.54) is 0 Å². The molecule has 2 heterocycles. The summed E-state index contributed by atoms with van der Waals surface area (Å²) in [6, 6.07) is 19.1. The summed E-state index contributed by atoms with van der Waals surface area (Å²) in [5, 5.41) is 5.76. The molecule has 35 heavy (non-hydrogen) atoms. The number of anilines is 1. The van der Waals surface area contributed by atoms with Crippen LogP contribution in [0.3, 0.4) is 0 Å². The van der Waals surface area contributed by atoms with E-state index in [1.54, 1.807) is 11.0 Å². The van der Waals surface area contributed by atoms with Crippen LogP contribution >= 0.6 is 0 Å². The third-order valence-electron chi connectivity index (χ3n) is 6.36. The second-order valence-electron chi connectivity index (χ2n) is 8.64. The standard InChI is InChI=1S/C28H26N2O5/c1-18-24(19(2)35-29-18)16-33-26-15-22-10-4-3-9-21(22)14-23(26)28(32)34-17-27(31)30-13-7-11-20-8-5-6-12-25(20)30/h3-6,8-10,12,14-15H,7,11,13,16-17H2,1-2H3. The molecule has 0 radical (unpaired) electrons. The SMILES string of the molecule is Cc1noc(C)c1COc1cc2ccccc2cc1C(=O)OCC(=O)N1CCCc2ccccc21. The van der Waals surface area contributed by atoms with Crippen LogP contribution in [0.4, 0.5) is 5.69 Å². The molecule has 0 N–H and O–H groups in total. The highest BCUT2D eigenvalue weighted by molar-refractivity contribution is 6.01. The van der Waals surface area contributed by atoms with Crippen molar-refractivity contribution in [2.24, 2.45) is 0 Å². The molecule has 7 nitrogen and oxygen atoms in total. The number of esters is 1. The third-order valence-corrected chi connectivity index (χ3v) is 6.36. The van der Waals surface area contributed by atoms with Gasteiger partial charge in [0, 0.05) is 12.2 Å². The summed E-state index contributed by atoms with van der Waals surface area (Å²) in [7, 11) is 0. The Morgan fingerprint density at radius 2 is 1.77 bits per heavy atom. The number of hydrogen-bond donors (Lipinski definition) is 0. The van der Waals surface area contributed by atoms with Crippen molar-refractivity contribution in [2.45, 2.75) is 33.3 Å². The third kappa shape index (κ3) is 4.62. The molecule has 5 rings (SSSR count). The molecule has 3 aromatic carbocycles. The average molecular weight is 471 g/mol. The van der Waals surface area contributed by atoms with Gasteiger partial charge in [-0.3, -0.25) is 4.79 Å². The highest BCUT2D eigenvalue weighted by Gasteiger charge is 2.24. The highest BCUT2D eigenvalue weighted by atomic mass is 16.5. The Hall–Kier alpha value is -4.13. The Bertz CT molecular complexity index is 1390. The molecule has 0 atom stereocenters. The first-order chi connectivity index (χ1) is 17.0. The van der Waals surface area contributed by atoms with Crippen LogP contribution in [-0.4, -0.2) is 30.2 Å². The highest BCUT2D eigenvalue weighted by Crippen LogP contribution is 2.29. The van der Waals surface area contributed by atoms with Gasteiger partial charge in [0.15, 0.2) is 6.61 Å². The Morgan fingerprint density at radius 3 is 2.54 bits per heavy atom. The molecule has 1 aromatic heterocycles. The number of benzene rings is 3. The van der Waals surface area contributed by atoms with Gasteiger partial charge in [0.1, 0.15) is 23.7 Å². The van der Waals surface area contributed by atoms with Gasteiger partial charge in [-0.05, 0) is 61.2 Å². The second-order valence-corrected chi connectivity index (χ2v) is 8.64. The molecule has 0 unspecified atom stereocenters. The molecule has 1 aliphatic rings. The lowest BCUT2D eigenvalue weighted by atomic mass is 10.0. The Balaban J connectivity index is 1.36. The number of aryl methyl sites for hydroxylation is 3. The van der Waals surface area contributed by atoms with Gasteiger partial charge in [-0.15, -0.1) is 0 Å². The van der Waals surface area contributed by atoms with Crippen LogP contribution in [0.5, 0.6) is 5.75 Å². The molecular weight excluding hydrogens is 444 g/mol. The van der Waals surface area contributed by atoms with E-state index >= 15 is 0 Å². The fraction of sp³-hybridized carbons (Fsp3) is 0.250. The number of fused-ring (bicyclic) bond motifs is 2. The van der Waals surface area contributed by atoms with Gasteiger partial charge in [0.2, 0.25) is 0 Å². The number of aromatic nitrogens is 1. The topological polar surface area (TPSA) is 81.9 Å². The first-order valence-electron chi connectivity index (χ1n) is 11.6. The Morgan fingerprint density at radius 1 is 1.03 bits per heavy atom. The first-order valence-corrected chi connectivity index (χ1v) is 11.6. The molecule has 0 fully saturated rings. The van der Waals surface area contributed by atoms with E-state index in [0.29, 0.717) is 18.1 Å². The minimum absolute atomic E-state index is 0.198. The summed E-state index contributed by atoms with van der Waals surface area (Å²) in [6.45, 7) is 4.12. The summed E-state index contributed by atoms with van der Waals surface area (Å²) >= 11 is 0. The lowest BCUT2D eigenvalue weighted by Gasteiger charge is -2.29. The Kier molecular flexibility index (Phi) is 6.23. The summed E-state index contributed by atoms with van der Waals surface area (Å²) < 4.78 is 16.8. The number of para-hydroxylation sites is 1. The maximum Gasteiger partial charge on any atom is 0.342 e. The second kappa shape index (κ2) is 9.62. The fourth-order valence-corrected chi connectivity index (χ4v) is 4.43. The number of hydrogen-bond acceptors (Lipinski definition) is 6. The molecule has 0 saturated heterocycles. The van der Waals surface area contributed by atoms with E-state index in [2.05, 4.69) is 5.16 Å². The first kappa shape index (κ1) is 22.7. The maximum atomic E-state index is 13.1. The van der Waals surface area contributed by atoms with E-state index in [0.717, 1.165) is 46.1 Å². The number of ether oxygens (including phenoxy) is 2. The summed E-state index contributed by atoms with van der Waals surface area (Å²) in [5.74, 6) is 0.192. The summed E-state index contributed by atoms with van der Waals surface area (Å²) in [4.78, 5) is 27.8. The predicted molar refractivity (Wildman–Crippen MR) is 132 cm³/mol. The lowest BCUT2D eigenvalue weighted by molar-refractivity contribution is -0.121.